The molecule has 2 rings (SSSR count). The number of halogens is 1. The lowest BCUT2D eigenvalue weighted by Gasteiger charge is -2.11. The van der Waals surface area contributed by atoms with Crippen LogP contribution < -0.4 is 4.74 Å². The molecule has 0 fully saturated rings. The normalized spacial score (nSPS) is 10.4. The standard InChI is InChI=1S/C19H21BrO3/c1-13-11-16(22-2)12-15(18(13)20)9-6-8-14-7-4-5-10-17(14)19(21)23-3/h4-5,7,10-12H,6,8-9H2,1-3H3. The Bertz CT molecular complexity index is 695. The number of benzene rings is 2. The van der Waals surface area contributed by atoms with Gasteiger partial charge in [-0.25, -0.2) is 4.79 Å². The SMILES string of the molecule is COC(=O)c1ccccc1CCCc1cc(OC)cc(C)c1Br. The Morgan fingerprint density at radius 1 is 1.09 bits per heavy atom. The van der Waals surface area contributed by atoms with Gasteiger partial charge in [-0.1, -0.05) is 34.1 Å². The maximum Gasteiger partial charge on any atom is 0.338 e. The number of rotatable bonds is 6. The molecule has 0 radical (unpaired) electrons. The predicted octanol–water partition coefficient (Wildman–Crippen LogP) is 4.73. The Morgan fingerprint density at radius 3 is 2.48 bits per heavy atom. The highest BCUT2D eigenvalue weighted by Gasteiger charge is 2.11. The molecule has 3 nitrogen and oxygen atoms in total. The van der Waals surface area contributed by atoms with Gasteiger partial charge in [0.1, 0.15) is 5.75 Å². The van der Waals surface area contributed by atoms with Crippen LogP contribution in [0.3, 0.4) is 0 Å². The smallest absolute Gasteiger partial charge is 0.338 e. The van der Waals surface area contributed by atoms with Gasteiger partial charge >= 0.3 is 5.97 Å². The average molecular weight is 377 g/mol. The fourth-order valence-electron chi connectivity index (χ4n) is 2.62. The summed E-state index contributed by atoms with van der Waals surface area (Å²) in [6, 6.07) is 11.7. The van der Waals surface area contributed by atoms with E-state index in [1.807, 2.05) is 30.3 Å². The number of ether oxygens (including phenoxy) is 2. The molecule has 0 unspecified atom stereocenters. The third kappa shape index (κ3) is 4.35. The lowest BCUT2D eigenvalue weighted by atomic mass is 9.99. The molecule has 0 spiro atoms. The van der Waals surface area contributed by atoms with Gasteiger partial charge in [-0.05, 0) is 61.1 Å². The van der Waals surface area contributed by atoms with E-state index in [0.717, 1.165) is 40.6 Å². The van der Waals surface area contributed by atoms with Crippen LogP contribution in [0.2, 0.25) is 0 Å². The highest BCUT2D eigenvalue weighted by Crippen LogP contribution is 2.28. The van der Waals surface area contributed by atoms with Crippen LogP contribution in [0.1, 0.15) is 33.5 Å². The van der Waals surface area contributed by atoms with Crippen LogP contribution in [0.15, 0.2) is 40.9 Å². The molecule has 2 aromatic rings. The van der Waals surface area contributed by atoms with Gasteiger partial charge in [0.2, 0.25) is 0 Å². The molecular weight excluding hydrogens is 356 g/mol. The number of hydrogen-bond donors (Lipinski definition) is 0. The minimum atomic E-state index is -0.279. The lowest BCUT2D eigenvalue weighted by Crippen LogP contribution is -2.06. The fourth-order valence-corrected chi connectivity index (χ4v) is 3.05. The average Bonchev–Trinajstić information content (AvgIpc) is 2.58. The van der Waals surface area contributed by atoms with Crippen molar-refractivity contribution in [2.75, 3.05) is 14.2 Å². The Labute approximate surface area is 145 Å². The summed E-state index contributed by atoms with van der Waals surface area (Å²) in [6.45, 7) is 2.06. The van der Waals surface area contributed by atoms with Crippen molar-refractivity contribution in [2.45, 2.75) is 26.2 Å². The Morgan fingerprint density at radius 2 is 1.78 bits per heavy atom. The summed E-state index contributed by atoms with van der Waals surface area (Å²) in [6.07, 6.45) is 2.68. The minimum absolute atomic E-state index is 0.279. The van der Waals surface area contributed by atoms with E-state index in [-0.39, 0.29) is 5.97 Å². The first kappa shape index (κ1) is 17.5. The van der Waals surface area contributed by atoms with Gasteiger partial charge in [-0.15, -0.1) is 0 Å². The monoisotopic (exact) mass is 376 g/mol. The molecule has 2 aromatic carbocycles. The van der Waals surface area contributed by atoms with Crippen LogP contribution in [-0.4, -0.2) is 20.2 Å². The molecule has 0 saturated heterocycles. The van der Waals surface area contributed by atoms with Crippen molar-refractivity contribution in [1.29, 1.82) is 0 Å². The largest absolute Gasteiger partial charge is 0.497 e. The highest BCUT2D eigenvalue weighted by molar-refractivity contribution is 9.10. The van der Waals surface area contributed by atoms with Crippen molar-refractivity contribution >= 4 is 21.9 Å². The van der Waals surface area contributed by atoms with Gasteiger partial charge in [-0.3, -0.25) is 0 Å². The molecule has 0 bridgehead atoms. The Kier molecular flexibility index (Phi) is 6.22. The highest BCUT2D eigenvalue weighted by atomic mass is 79.9. The quantitative estimate of drug-likeness (QED) is 0.683. The van der Waals surface area contributed by atoms with Gasteiger partial charge in [-0.2, -0.15) is 0 Å². The zero-order valence-corrected chi connectivity index (χ0v) is 15.3. The summed E-state index contributed by atoms with van der Waals surface area (Å²) in [5.41, 5.74) is 4.05. The molecule has 0 heterocycles. The molecule has 0 aliphatic rings. The molecule has 122 valence electrons. The summed E-state index contributed by atoms with van der Waals surface area (Å²) in [4.78, 5) is 11.8. The topological polar surface area (TPSA) is 35.5 Å². The van der Waals surface area contributed by atoms with Gasteiger partial charge in [0.05, 0.1) is 19.8 Å². The minimum Gasteiger partial charge on any atom is -0.497 e. The van der Waals surface area contributed by atoms with Crippen LogP contribution >= 0.6 is 15.9 Å². The molecular formula is C19H21BrO3. The van der Waals surface area contributed by atoms with E-state index in [1.54, 1.807) is 7.11 Å². The van der Waals surface area contributed by atoms with E-state index in [9.17, 15) is 4.79 Å². The predicted molar refractivity (Wildman–Crippen MR) is 95.2 cm³/mol. The van der Waals surface area contributed by atoms with E-state index in [0.29, 0.717) is 5.56 Å². The summed E-state index contributed by atoms with van der Waals surface area (Å²) in [7, 11) is 3.09. The number of esters is 1. The van der Waals surface area contributed by atoms with E-state index in [2.05, 4.69) is 28.9 Å². The van der Waals surface area contributed by atoms with Crippen LogP contribution in [0.5, 0.6) is 5.75 Å². The van der Waals surface area contributed by atoms with Crippen LogP contribution in [-0.2, 0) is 17.6 Å². The molecule has 0 aromatic heterocycles. The van der Waals surface area contributed by atoms with Crippen LogP contribution in [0, 0.1) is 6.92 Å². The van der Waals surface area contributed by atoms with Gasteiger partial charge < -0.3 is 9.47 Å². The molecule has 0 aliphatic carbocycles. The van der Waals surface area contributed by atoms with Crippen molar-refractivity contribution in [3.63, 3.8) is 0 Å². The third-order valence-corrected chi connectivity index (χ3v) is 4.99. The van der Waals surface area contributed by atoms with Crippen molar-refractivity contribution < 1.29 is 14.3 Å². The summed E-state index contributed by atoms with van der Waals surface area (Å²) in [5, 5.41) is 0. The first-order chi connectivity index (χ1) is 11.1. The lowest BCUT2D eigenvalue weighted by molar-refractivity contribution is 0.0599. The van der Waals surface area contributed by atoms with Gasteiger partial charge in [0.15, 0.2) is 0 Å². The molecule has 0 atom stereocenters. The fraction of sp³-hybridized carbons (Fsp3) is 0.316. The number of methoxy groups -OCH3 is 2. The zero-order valence-electron chi connectivity index (χ0n) is 13.7. The number of carbonyl (C=O) groups excluding carboxylic acids is 1. The van der Waals surface area contributed by atoms with Crippen molar-refractivity contribution in [2.24, 2.45) is 0 Å². The van der Waals surface area contributed by atoms with Crippen LogP contribution in [0.25, 0.3) is 0 Å². The Hall–Kier alpha value is -1.81. The molecule has 4 heteroatoms. The van der Waals surface area contributed by atoms with E-state index >= 15 is 0 Å². The molecule has 0 amide bonds. The molecule has 0 aliphatic heterocycles. The van der Waals surface area contributed by atoms with E-state index in [1.165, 1.54) is 12.7 Å². The number of aryl methyl sites for hydroxylation is 3. The second-order valence-corrected chi connectivity index (χ2v) is 6.21. The van der Waals surface area contributed by atoms with Crippen molar-refractivity contribution in [1.82, 2.24) is 0 Å². The van der Waals surface area contributed by atoms with Crippen LogP contribution in [0.4, 0.5) is 0 Å². The number of carbonyl (C=O) groups is 1. The van der Waals surface area contributed by atoms with Crippen molar-refractivity contribution in [3.05, 3.63) is 63.1 Å². The maximum absolute atomic E-state index is 11.8. The third-order valence-electron chi connectivity index (χ3n) is 3.85. The zero-order chi connectivity index (χ0) is 16.8. The maximum atomic E-state index is 11.8. The number of hydrogen-bond acceptors (Lipinski definition) is 3. The molecule has 0 saturated carbocycles. The summed E-state index contributed by atoms with van der Waals surface area (Å²) < 4.78 is 11.3. The molecule has 0 N–H and O–H groups in total. The van der Waals surface area contributed by atoms with Crippen molar-refractivity contribution in [3.8, 4) is 5.75 Å². The van der Waals surface area contributed by atoms with Gasteiger partial charge in [0, 0.05) is 4.47 Å². The first-order valence-electron chi connectivity index (χ1n) is 7.56. The second kappa shape index (κ2) is 8.16. The first-order valence-corrected chi connectivity index (χ1v) is 8.35. The second-order valence-electron chi connectivity index (χ2n) is 5.42. The van der Waals surface area contributed by atoms with E-state index in [4.69, 9.17) is 9.47 Å². The molecule has 23 heavy (non-hydrogen) atoms. The summed E-state index contributed by atoms with van der Waals surface area (Å²) in [5.74, 6) is 0.592. The summed E-state index contributed by atoms with van der Waals surface area (Å²) >= 11 is 3.65. The Balaban J connectivity index is 2.09. The van der Waals surface area contributed by atoms with E-state index < -0.39 is 0 Å². The van der Waals surface area contributed by atoms with Gasteiger partial charge in [0.25, 0.3) is 0 Å².